The maximum atomic E-state index is 13.8. The van der Waals surface area contributed by atoms with E-state index in [-0.39, 0.29) is 33.7 Å². The van der Waals surface area contributed by atoms with Crippen LogP contribution in [0.5, 0.6) is 17.2 Å². The first-order chi connectivity index (χ1) is 22.2. The van der Waals surface area contributed by atoms with Crippen molar-refractivity contribution in [3.05, 3.63) is 94.2 Å². The Hall–Kier alpha value is -4.95. The summed E-state index contributed by atoms with van der Waals surface area (Å²) in [6, 6.07) is 11.9. The van der Waals surface area contributed by atoms with Crippen LogP contribution in [0.3, 0.4) is 0 Å². The highest BCUT2D eigenvalue weighted by Crippen LogP contribution is 2.48. The van der Waals surface area contributed by atoms with E-state index < -0.39 is 23.5 Å². The number of hydrogen-bond acceptors (Lipinski definition) is 11. The molecule has 1 amide bonds. The quantitative estimate of drug-likeness (QED) is 0.0672. The second kappa shape index (κ2) is 12.4. The Morgan fingerprint density at radius 3 is 2.35 bits per heavy atom. The van der Waals surface area contributed by atoms with E-state index in [1.807, 2.05) is 29.7 Å². The molecule has 1 atom stereocenters. The Bertz CT molecular complexity index is 2000. The highest BCUT2D eigenvalue weighted by atomic mass is 32.2. The van der Waals surface area contributed by atoms with Crippen LogP contribution in [0.2, 0.25) is 0 Å². The molecule has 0 aliphatic carbocycles. The van der Waals surface area contributed by atoms with Crippen LogP contribution < -0.4 is 19.1 Å². The molecule has 1 aliphatic heterocycles. The molecule has 14 heteroatoms. The van der Waals surface area contributed by atoms with Crippen molar-refractivity contribution in [3.63, 3.8) is 0 Å². The molecule has 4 heterocycles. The number of carbonyl (C=O) groups is 2. The number of aromatic nitrogens is 4. The summed E-state index contributed by atoms with van der Waals surface area (Å²) in [5.41, 5.74) is 3.30. The predicted molar refractivity (Wildman–Crippen MR) is 171 cm³/mol. The van der Waals surface area contributed by atoms with Crippen molar-refractivity contribution in [2.75, 3.05) is 26.2 Å². The Morgan fingerprint density at radius 1 is 1.02 bits per heavy atom. The van der Waals surface area contributed by atoms with E-state index in [2.05, 4.69) is 15.2 Å². The van der Waals surface area contributed by atoms with Gasteiger partial charge in [-0.15, -0.1) is 10.2 Å². The first kappa shape index (κ1) is 31.0. The largest absolute Gasteiger partial charge is 0.505 e. The Balaban J connectivity index is 1.50. The summed E-state index contributed by atoms with van der Waals surface area (Å²) in [4.78, 5) is 33.5. The van der Waals surface area contributed by atoms with Crippen LogP contribution in [-0.4, -0.2) is 57.7 Å². The lowest BCUT2D eigenvalue weighted by atomic mass is 9.95. The van der Waals surface area contributed by atoms with Gasteiger partial charge in [-0.05, 0) is 60.9 Å². The van der Waals surface area contributed by atoms with Crippen LogP contribution in [0.25, 0.3) is 11.4 Å². The summed E-state index contributed by atoms with van der Waals surface area (Å²) in [6.07, 6.45) is 1.81. The SMILES string of the molecule is COc1cc(C2/C(=C(\O)c3nc4c(C)cccn4c3C)C(=O)C(=O)N2c2nnc(SCc3ccc(F)cc3)s2)cc(OC)c1OC. The van der Waals surface area contributed by atoms with Crippen LogP contribution >= 0.6 is 23.1 Å². The molecule has 0 radical (unpaired) electrons. The molecule has 6 rings (SSSR count). The van der Waals surface area contributed by atoms with Gasteiger partial charge in [0.25, 0.3) is 5.78 Å². The number of rotatable bonds is 9. The van der Waals surface area contributed by atoms with Crippen molar-refractivity contribution in [1.82, 2.24) is 19.6 Å². The number of pyridine rings is 1. The maximum Gasteiger partial charge on any atom is 0.301 e. The molecule has 236 valence electrons. The van der Waals surface area contributed by atoms with Crippen molar-refractivity contribution >= 4 is 51.3 Å². The zero-order chi connectivity index (χ0) is 32.7. The molecule has 0 saturated carbocycles. The molecule has 0 bridgehead atoms. The average molecular weight is 662 g/mol. The highest BCUT2D eigenvalue weighted by Gasteiger charge is 2.49. The first-order valence-electron chi connectivity index (χ1n) is 13.9. The fourth-order valence-corrected chi connectivity index (χ4v) is 7.19. The highest BCUT2D eigenvalue weighted by molar-refractivity contribution is 8.00. The number of methoxy groups -OCH3 is 3. The maximum absolute atomic E-state index is 13.8. The zero-order valence-electron chi connectivity index (χ0n) is 25.4. The lowest BCUT2D eigenvalue weighted by molar-refractivity contribution is -0.132. The Labute approximate surface area is 271 Å². The van der Waals surface area contributed by atoms with Crippen molar-refractivity contribution in [2.45, 2.75) is 30.0 Å². The second-order valence-electron chi connectivity index (χ2n) is 10.3. The van der Waals surface area contributed by atoms with Crippen LogP contribution in [0.1, 0.15) is 34.1 Å². The number of halogens is 1. The Morgan fingerprint density at radius 2 is 1.72 bits per heavy atom. The summed E-state index contributed by atoms with van der Waals surface area (Å²) in [7, 11) is 4.37. The van der Waals surface area contributed by atoms with Crippen LogP contribution in [0.15, 0.2) is 64.6 Å². The molecule has 5 aromatic rings. The van der Waals surface area contributed by atoms with Gasteiger partial charge in [0.15, 0.2) is 21.6 Å². The molecule has 11 nitrogen and oxygen atoms in total. The van der Waals surface area contributed by atoms with Crippen molar-refractivity contribution in [1.29, 1.82) is 0 Å². The number of imidazole rings is 1. The number of ether oxygens (including phenoxy) is 3. The van der Waals surface area contributed by atoms with E-state index in [9.17, 15) is 19.1 Å². The van der Waals surface area contributed by atoms with Crippen LogP contribution in [0, 0.1) is 19.7 Å². The lowest BCUT2D eigenvalue weighted by Crippen LogP contribution is -2.29. The summed E-state index contributed by atoms with van der Waals surface area (Å²) < 4.78 is 32.3. The molecule has 3 aromatic heterocycles. The summed E-state index contributed by atoms with van der Waals surface area (Å²) >= 11 is 2.46. The van der Waals surface area contributed by atoms with E-state index in [1.54, 1.807) is 31.2 Å². The molecule has 1 N–H and O–H groups in total. The smallest absolute Gasteiger partial charge is 0.301 e. The van der Waals surface area contributed by atoms with Gasteiger partial charge in [-0.25, -0.2) is 9.37 Å². The lowest BCUT2D eigenvalue weighted by Gasteiger charge is -2.24. The number of ketones is 1. The molecule has 46 heavy (non-hydrogen) atoms. The van der Waals surface area contributed by atoms with E-state index in [1.165, 1.54) is 50.1 Å². The minimum absolute atomic E-state index is 0.143. The fourth-order valence-electron chi connectivity index (χ4n) is 5.36. The minimum Gasteiger partial charge on any atom is -0.505 e. The van der Waals surface area contributed by atoms with Gasteiger partial charge in [-0.1, -0.05) is 41.3 Å². The summed E-state index contributed by atoms with van der Waals surface area (Å²) in [5, 5.41) is 20.5. The molecular formula is C32H28FN5O6S2. The molecule has 0 spiro atoms. The average Bonchev–Trinajstić information content (AvgIpc) is 3.74. The standard InChI is InChI=1S/C32H28FN5O6S2/c1-16-7-6-12-37-17(2)24(34-29(16)37)26(39)23-25(19-13-21(42-3)28(44-5)22(14-19)43-4)38(30(41)27(23)40)31-35-36-32(46-31)45-15-18-8-10-20(33)11-9-18/h6-14,25,39H,15H2,1-5H3/b26-23+. The van der Waals surface area contributed by atoms with E-state index in [0.29, 0.717) is 32.7 Å². The van der Waals surface area contributed by atoms with E-state index in [0.717, 1.165) is 22.5 Å². The summed E-state index contributed by atoms with van der Waals surface area (Å²) in [6.45, 7) is 3.66. The van der Waals surface area contributed by atoms with Crippen LogP contribution in [-0.2, 0) is 15.3 Å². The normalized spacial score (nSPS) is 16.0. The Kier molecular flexibility index (Phi) is 8.40. The van der Waals surface area contributed by atoms with Crippen molar-refractivity contribution in [3.8, 4) is 17.2 Å². The van der Waals surface area contributed by atoms with Gasteiger partial charge in [-0.2, -0.15) is 0 Å². The summed E-state index contributed by atoms with van der Waals surface area (Å²) in [5.74, 6) is -1.21. The molecule has 2 aromatic carbocycles. The van der Waals surface area contributed by atoms with E-state index in [4.69, 9.17) is 14.2 Å². The first-order valence-corrected chi connectivity index (χ1v) is 15.7. The molecule has 1 unspecified atom stereocenters. The van der Waals surface area contributed by atoms with Gasteiger partial charge in [0.05, 0.1) is 38.6 Å². The molecular weight excluding hydrogens is 634 g/mol. The second-order valence-corrected chi connectivity index (χ2v) is 12.5. The fraction of sp³-hybridized carbons (Fsp3) is 0.219. The number of thioether (sulfide) groups is 1. The van der Waals surface area contributed by atoms with Crippen LogP contribution in [0.4, 0.5) is 9.52 Å². The van der Waals surface area contributed by atoms with Gasteiger partial charge >= 0.3 is 5.91 Å². The number of hydrogen-bond donors (Lipinski definition) is 1. The number of aryl methyl sites for hydroxylation is 2. The number of aliphatic hydroxyl groups excluding tert-OH is 1. The third-order valence-corrected chi connectivity index (χ3v) is 9.76. The number of benzene rings is 2. The van der Waals surface area contributed by atoms with Gasteiger partial charge in [0, 0.05) is 11.9 Å². The number of anilines is 1. The van der Waals surface area contributed by atoms with E-state index >= 15 is 0 Å². The molecule has 1 saturated heterocycles. The molecule has 1 aliphatic rings. The number of aliphatic hydroxyl groups is 1. The van der Waals surface area contributed by atoms with Gasteiger partial charge in [-0.3, -0.25) is 14.5 Å². The number of carbonyl (C=O) groups excluding carboxylic acids is 2. The predicted octanol–water partition coefficient (Wildman–Crippen LogP) is 5.89. The van der Waals surface area contributed by atoms with Gasteiger partial charge < -0.3 is 23.7 Å². The number of fused-ring (bicyclic) bond motifs is 1. The topological polar surface area (TPSA) is 128 Å². The number of Topliss-reactive ketones (excluding diaryl/α,β-unsaturated/α-hetero) is 1. The van der Waals surface area contributed by atoms with Crippen molar-refractivity contribution in [2.24, 2.45) is 0 Å². The van der Waals surface area contributed by atoms with Gasteiger partial charge in [0.1, 0.15) is 17.2 Å². The third kappa shape index (κ3) is 5.32. The minimum atomic E-state index is -1.15. The molecule has 1 fully saturated rings. The number of nitrogens with zero attached hydrogens (tertiary/aromatic N) is 5. The monoisotopic (exact) mass is 661 g/mol. The third-order valence-electron chi connectivity index (χ3n) is 7.63. The van der Waals surface area contributed by atoms with Crippen molar-refractivity contribution < 1.29 is 33.3 Å². The number of amides is 1. The zero-order valence-corrected chi connectivity index (χ0v) is 27.0. The van der Waals surface area contributed by atoms with Gasteiger partial charge in [0.2, 0.25) is 10.9 Å².